The van der Waals surface area contributed by atoms with Crippen LogP contribution in [0.25, 0.3) is 0 Å². The summed E-state index contributed by atoms with van der Waals surface area (Å²) < 4.78 is 28.9. The molecule has 2 aromatic rings. The normalized spacial score (nSPS) is 21.9. The molecular formula is C18H21F2N3. The van der Waals surface area contributed by atoms with Gasteiger partial charge in [0.25, 0.3) is 0 Å². The molecule has 1 saturated heterocycles. The van der Waals surface area contributed by atoms with Crippen molar-refractivity contribution in [3.05, 3.63) is 53.6 Å². The van der Waals surface area contributed by atoms with Gasteiger partial charge in [0.1, 0.15) is 17.5 Å². The Balaban J connectivity index is 1.36. The largest absolute Gasteiger partial charge is 0.331 e. The van der Waals surface area contributed by atoms with Crippen molar-refractivity contribution in [3.8, 4) is 0 Å². The molecule has 1 aromatic carbocycles. The van der Waals surface area contributed by atoms with Crippen molar-refractivity contribution >= 4 is 0 Å². The molecule has 0 N–H and O–H groups in total. The zero-order valence-corrected chi connectivity index (χ0v) is 13.1. The molecule has 2 heterocycles. The highest BCUT2D eigenvalue weighted by molar-refractivity contribution is 5.18. The second-order valence-corrected chi connectivity index (χ2v) is 6.85. The molecule has 0 amide bonds. The van der Waals surface area contributed by atoms with Gasteiger partial charge in [-0.25, -0.2) is 13.8 Å². The highest BCUT2D eigenvalue weighted by Crippen LogP contribution is 2.36. The first-order valence-corrected chi connectivity index (χ1v) is 8.36. The van der Waals surface area contributed by atoms with Crippen LogP contribution in [0.15, 0.2) is 30.6 Å². The van der Waals surface area contributed by atoms with E-state index in [9.17, 15) is 8.78 Å². The first kappa shape index (κ1) is 14.8. The monoisotopic (exact) mass is 317 g/mol. The van der Waals surface area contributed by atoms with E-state index >= 15 is 0 Å². The molecule has 122 valence electrons. The average Bonchev–Trinajstić information content (AvgIpc) is 3.07. The fourth-order valence-corrected chi connectivity index (χ4v) is 3.64. The van der Waals surface area contributed by atoms with Gasteiger partial charge in [0.15, 0.2) is 0 Å². The Morgan fingerprint density at radius 1 is 1.09 bits per heavy atom. The third-order valence-electron chi connectivity index (χ3n) is 4.87. The van der Waals surface area contributed by atoms with Crippen molar-refractivity contribution in [1.29, 1.82) is 0 Å². The van der Waals surface area contributed by atoms with Crippen molar-refractivity contribution in [2.45, 2.75) is 38.3 Å². The number of hydrogen-bond acceptors (Lipinski definition) is 2. The SMILES string of the molecule is Fc1cc(F)cc(CC2CCN(Cc3nccn3C3CC3)C2)c1. The third kappa shape index (κ3) is 3.44. The molecule has 1 aromatic heterocycles. The molecule has 1 unspecified atom stereocenters. The Labute approximate surface area is 134 Å². The van der Waals surface area contributed by atoms with Crippen molar-refractivity contribution < 1.29 is 8.78 Å². The second kappa shape index (κ2) is 6.04. The quantitative estimate of drug-likeness (QED) is 0.841. The molecule has 1 atom stereocenters. The van der Waals surface area contributed by atoms with E-state index in [2.05, 4.69) is 20.6 Å². The lowest BCUT2D eigenvalue weighted by molar-refractivity contribution is 0.303. The van der Waals surface area contributed by atoms with Gasteiger partial charge in [-0.2, -0.15) is 0 Å². The van der Waals surface area contributed by atoms with Crippen LogP contribution in [-0.2, 0) is 13.0 Å². The van der Waals surface area contributed by atoms with E-state index in [1.165, 1.54) is 25.0 Å². The lowest BCUT2D eigenvalue weighted by Crippen LogP contribution is -2.22. The van der Waals surface area contributed by atoms with Crippen molar-refractivity contribution in [3.63, 3.8) is 0 Å². The summed E-state index contributed by atoms with van der Waals surface area (Å²) in [7, 11) is 0. The highest BCUT2D eigenvalue weighted by atomic mass is 19.1. The third-order valence-corrected chi connectivity index (χ3v) is 4.87. The molecule has 2 fully saturated rings. The number of hydrogen-bond donors (Lipinski definition) is 0. The maximum atomic E-state index is 13.3. The predicted octanol–water partition coefficient (Wildman–Crippen LogP) is 3.56. The molecule has 0 spiro atoms. The Morgan fingerprint density at radius 2 is 1.87 bits per heavy atom. The summed E-state index contributed by atoms with van der Waals surface area (Å²) in [4.78, 5) is 6.90. The summed E-state index contributed by atoms with van der Waals surface area (Å²) in [6.07, 6.45) is 8.30. The van der Waals surface area contributed by atoms with Gasteiger partial charge in [-0.05, 0) is 55.8 Å². The summed E-state index contributed by atoms with van der Waals surface area (Å²) >= 11 is 0. The Bertz CT molecular complexity index is 673. The van der Waals surface area contributed by atoms with Crippen LogP contribution >= 0.6 is 0 Å². The zero-order chi connectivity index (χ0) is 15.8. The first-order valence-electron chi connectivity index (χ1n) is 8.36. The molecular weight excluding hydrogens is 296 g/mol. The minimum atomic E-state index is -0.485. The number of halogens is 2. The van der Waals surface area contributed by atoms with Crippen molar-refractivity contribution in [1.82, 2.24) is 14.5 Å². The number of imidazole rings is 1. The lowest BCUT2D eigenvalue weighted by atomic mass is 9.98. The van der Waals surface area contributed by atoms with E-state index in [1.54, 1.807) is 0 Å². The molecule has 23 heavy (non-hydrogen) atoms. The van der Waals surface area contributed by atoms with Crippen LogP contribution in [0, 0.1) is 17.6 Å². The van der Waals surface area contributed by atoms with Crippen LogP contribution in [-0.4, -0.2) is 27.5 Å². The summed E-state index contributed by atoms with van der Waals surface area (Å²) in [6.45, 7) is 2.87. The summed E-state index contributed by atoms with van der Waals surface area (Å²) in [6, 6.07) is 4.49. The Morgan fingerprint density at radius 3 is 2.61 bits per heavy atom. The van der Waals surface area contributed by atoms with Gasteiger partial charge in [0.05, 0.1) is 6.54 Å². The van der Waals surface area contributed by atoms with E-state index in [0.717, 1.165) is 49.9 Å². The fourth-order valence-electron chi connectivity index (χ4n) is 3.64. The molecule has 1 aliphatic heterocycles. The van der Waals surface area contributed by atoms with Crippen molar-refractivity contribution in [2.24, 2.45) is 5.92 Å². The van der Waals surface area contributed by atoms with Gasteiger partial charge >= 0.3 is 0 Å². The lowest BCUT2D eigenvalue weighted by Gasteiger charge is -2.17. The van der Waals surface area contributed by atoms with E-state index < -0.39 is 11.6 Å². The van der Waals surface area contributed by atoms with Gasteiger partial charge in [-0.15, -0.1) is 0 Å². The minimum absolute atomic E-state index is 0.459. The second-order valence-electron chi connectivity index (χ2n) is 6.85. The number of aromatic nitrogens is 2. The number of rotatable bonds is 5. The van der Waals surface area contributed by atoms with Crippen LogP contribution in [0.5, 0.6) is 0 Å². The summed E-state index contributed by atoms with van der Waals surface area (Å²) in [5, 5.41) is 0. The van der Waals surface area contributed by atoms with Gasteiger partial charge in [0, 0.05) is 31.0 Å². The average molecular weight is 317 g/mol. The Kier molecular flexibility index (Phi) is 3.89. The summed E-state index contributed by atoms with van der Waals surface area (Å²) in [5.41, 5.74) is 0.758. The van der Waals surface area contributed by atoms with Gasteiger partial charge in [0.2, 0.25) is 0 Å². The zero-order valence-electron chi connectivity index (χ0n) is 13.1. The summed E-state index contributed by atoms with van der Waals surface area (Å²) in [5.74, 6) is 0.633. The predicted molar refractivity (Wildman–Crippen MR) is 83.9 cm³/mol. The van der Waals surface area contributed by atoms with Crippen LogP contribution in [0.2, 0.25) is 0 Å². The minimum Gasteiger partial charge on any atom is -0.331 e. The van der Waals surface area contributed by atoms with E-state index in [-0.39, 0.29) is 0 Å². The van der Waals surface area contributed by atoms with E-state index in [4.69, 9.17) is 0 Å². The maximum absolute atomic E-state index is 13.3. The maximum Gasteiger partial charge on any atom is 0.126 e. The number of benzene rings is 1. The number of nitrogens with zero attached hydrogens (tertiary/aromatic N) is 3. The topological polar surface area (TPSA) is 21.1 Å². The molecule has 4 rings (SSSR count). The fraction of sp³-hybridized carbons (Fsp3) is 0.500. The highest BCUT2D eigenvalue weighted by Gasteiger charge is 2.28. The molecule has 5 heteroatoms. The number of likely N-dealkylation sites (tertiary alicyclic amines) is 1. The standard InChI is InChI=1S/C18H21F2N3/c19-15-8-14(9-16(20)10-15)7-13-3-5-22(11-13)12-18-21-4-6-23(18)17-1-2-17/h4,6,8-10,13,17H,1-3,5,7,11-12H2. The first-order chi connectivity index (χ1) is 11.2. The van der Waals surface area contributed by atoms with Gasteiger partial charge in [-0.1, -0.05) is 0 Å². The van der Waals surface area contributed by atoms with Crippen LogP contribution in [0.4, 0.5) is 8.78 Å². The molecule has 2 aliphatic rings. The smallest absolute Gasteiger partial charge is 0.126 e. The van der Waals surface area contributed by atoms with Crippen LogP contribution in [0.3, 0.4) is 0 Å². The molecule has 3 nitrogen and oxygen atoms in total. The van der Waals surface area contributed by atoms with Gasteiger partial charge < -0.3 is 4.57 Å². The Hall–Kier alpha value is -1.75. The molecule has 1 saturated carbocycles. The molecule has 1 aliphatic carbocycles. The van der Waals surface area contributed by atoms with Crippen LogP contribution < -0.4 is 0 Å². The van der Waals surface area contributed by atoms with Crippen molar-refractivity contribution in [2.75, 3.05) is 13.1 Å². The van der Waals surface area contributed by atoms with Gasteiger partial charge in [-0.3, -0.25) is 4.90 Å². The van der Waals surface area contributed by atoms with Crippen LogP contribution in [0.1, 0.15) is 36.7 Å². The van der Waals surface area contributed by atoms with E-state index in [0.29, 0.717) is 12.0 Å². The molecule has 0 radical (unpaired) electrons. The van der Waals surface area contributed by atoms with E-state index in [1.807, 2.05) is 6.20 Å². The molecule has 0 bridgehead atoms.